The molecule has 2 aromatic rings. The van der Waals surface area contributed by atoms with Crippen molar-refractivity contribution in [3.63, 3.8) is 0 Å². The van der Waals surface area contributed by atoms with Crippen LogP contribution in [0.25, 0.3) is 0 Å². The van der Waals surface area contributed by atoms with Crippen molar-refractivity contribution in [3.8, 4) is 0 Å². The fraction of sp³-hybridized carbons (Fsp3) is 0.483. The summed E-state index contributed by atoms with van der Waals surface area (Å²) >= 11 is 0. The van der Waals surface area contributed by atoms with Crippen molar-refractivity contribution in [2.45, 2.75) is 39.0 Å². The van der Waals surface area contributed by atoms with Crippen molar-refractivity contribution in [1.82, 2.24) is 30.1 Å². The third-order valence-corrected chi connectivity index (χ3v) is 7.46. The molecule has 0 aromatic carbocycles. The van der Waals surface area contributed by atoms with E-state index in [1.807, 2.05) is 69.4 Å². The fourth-order valence-electron chi connectivity index (χ4n) is 5.09. The van der Waals surface area contributed by atoms with Gasteiger partial charge in [-0.2, -0.15) is 4.98 Å². The van der Waals surface area contributed by atoms with Gasteiger partial charge in [0.15, 0.2) is 0 Å². The number of aromatic nitrogens is 3. The van der Waals surface area contributed by atoms with E-state index in [4.69, 9.17) is 14.7 Å². The molecule has 0 bridgehead atoms. The number of ether oxygens (including phenoxy) is 1. The van der Waals surface area contributed by atoms with Crippen molar-refractivity contribution in [3.05, 3.63) is 71.4 Å². The highest BCUT2D eigenvalue weighted by Gasteiger charge is 2.42. The topological polar surface area (TPSA) is 102 Å². The third-order valence-electron chi connectivity index (χ3n) is 7.46. The van der Waals surface area contributed by atoms with E-state index in [1.165, 1.54) is 0 Å². The number of anilines is 3. The van der Waals surface area contributed by atoms with Crippen LogP contribution in [0.15, 0.2) is 60.1 Å². The summed E-state index contributed by atoms with van der Waals surface area (Å²) in [5.74, 6) is 2.18. The number of likely N-dealkylation sites (N-methyl/N-ethyl adjacent to an activating group) is 1. The number of aliphatic hydroxyl groups is 1. The van der Waals surface area contributed by atoms with Gasteiger partial charge in [0.05, 0.1) is 18.8 Å². The first-order chi connectivity index (χ1) is 18.7. The monoisotopic (exact) mass is 534 g/mol. The Kier molecular flexibility index (Phi) is 9.01. The van der Waals surface area contributed by atoms with E-state index < -0.39 is 6.23 Å². The maximum Gasteiger partial charge on any atom is 0.229 e. The van der Waals surface area contributed by atoms with Crippen molar-refractivity contribution < 1.29 is 9.84 Å². The molecule has 0 radical (unpaired) electrons. The van der Waals surface area contributed by atoms with Crippen LogP contribution in [0.1, 0.15) is 32.0 Å². The maximum absolute atomic E-state index is 10.3. The van der Waals surface area contributed by atoms with Gasteiger partial charge in [-0.15, -0.1) is 0 Å². The van der Waals surface area contributed by atoms with E-state index in [2.05, 4.69) is 38.9 Å². The first-order valence-corrected chi connectivity index (χ1v) is 13.4. The molecule has 10 heteroatoms. The van der Waals surface area contributed by atoms with Gasteiger partial charge in [0, 0.05) is 61.9 Å². The Labute approximate surface area is 232 Å². The molecule has 1 unspecified atom stereocenters. The molecule has 39 heavy (non-hydrogen) atoms. The van der Waals surface area contributed by atoms with E-state index in [9.17, 15) is 5.11 Å². The number of allylic oxidation sites excluding steroid dienone is 3. The third kappa shape index (κ3) is 6.30. The highest BCUT2D eigenvalue weighted by Crippen LogP contribution is 2.43. The predicted molar refractivity (Wildman–Crippen MR) is 156 cm³/mol. The minimum absolute atomic E-state index is 0.270. The molecule has 10 nitrogen and oxygen atoms in total. The molecule has 2 aliphatic heterocycles. The molecule has 1 saturated heterocycles. The largest absolute Gasteiger partial charge is 0.384 e. The number of piperazine rings is 1. The van der Waals surface area contributed by atoms with Crippen molar-refractivity contribution in [1.29, 1.82) is 0 Å². The zero-order valence-electron chi connectivity index (χ0n) is 24.0. The molecule has 2 aliphatic rings. The van der Waals surface area contributed by atoms with Crippen LogP contribution in [0.5, 0.6) is 0 Å². The molecule has 4 rings (SSSR count). The summed E-state index contributed by atoms with van der Waals surface area (Å²) in [5.41, 5.74) is 4.50. The lowest BCUT2D eigenvalue weighted by atomic mass is 9.87. The van der Waals surface area contributed by atoms with Crippen LogP contribution in [0.2, 0.25) is 0 Å². The van der Waals surface area contributed by atoms with Gasteiger partial charge in [0.1, 0.15) is 17.9 Å². The number of nitrogens with zero attached hydrogens (tertiary/aromatic N) is 6. The molecular weight excluding hydrogens is 492 g/mol. The van der Waals surface area contributed by atoms with E-state index in [0.29, 0.717) is 32.2 Å². The summed E-state index contributed by atoms with van der Waals surface area (Å²) in [7, 11) is 5.57. The lowest BCUT2D eigenvalue weighted by Crippen LogP contribution is -2.50. The summed E-state index contributed by atoms with van der Waals surface area (Å²) in [5, 5.41) is 16.8. The van der Waals surface area contributed by atoms with Crippen molar-refractivity contribution in [2.24, 2.45) is 0 Å². The van der Waals surface area contributed by atoms with Crippen molar-refractivity contribution in [2.75, 3.05) is 64.2 Å². The van der Waals surface area contributed by atoms with E-state index >= 15 is 0 Å². The number of pyridine rings is 1. The number of hydrogen-bond donors (Lipinski definition) is 3. The molecule has 210 valence electrons. The first kappa shape index (κ1) is 28.7. The second-order valence-corrected chi connectivity index (χ2v) is 10.6. The highest BCUT2D eigenvalue weighted by atomic mass is 16.5. The molecule has 1 fully saturated rings. The lowest BCUT2D eigenvalue weighted by Gasteiger charge is -2.39. The number of hydrogen-bond acceptors (Lipinski definition) is 10. The van der Waals surface area contributed by atoms with Crippen LogP contribution >= 0.6 is 0 Å². The van der Waals surface area contributed by atoms with Crippen LogP contribution in [-0.2, 0) is 16.7 Å². The summed E-state index contributed by atoms with van der Waals surface area (Å²) in [6, 6.07) is 6.06. The van der Waals surface area contributed by atoms with Gasteiger partial charge in [-0.3, -0.25) is 4.90 Å². The van der Waals surface area contributed by atoms with E-state index in [0.717, 1.165) is 52.9 Å². The molecule has 0 saturated carbocycles. The van der Waals surface area contributed by atoms with Crippen LogP contribution in [-0.4, -0.2) is 90.1 Å². The fourth-order valence-corrected chi connectivity index (χ4v) is 5.09. The Balaban J connectivity index is 1.59. The molecule has 2 aromatic heterocycles. The Morgan fingerprint density at radius 2 is 2.10 bits per heavy atom. The van der Waals surface area contributed by atoms with E-state index in [-0.39, 0.29) is 5.41 Å². The van der Waals surface area contributed by atoms with Gasteiger partial charge in [0.25, 0.3) is 0 Å². The molecule has 0 spiro atoms. The second kappa shape index (κ2) is 12.3. The number of nitrogens with one attached hydrogen (secondary N) is 2. The standard InChI is InChI=1S/C29H42N8O2/c1-8-22(14-20(2)21(3)36-13-12-35(6)26(38)17-36)33-28-31-16-24-27(34-28)37(18-29(24,4)19-39-7)25-11-9-10-23(32-25)15-30-5/h8-11,14,16,26,30,38H,3,12-13,15,17-19H2,1-2,4-7H3,(H,31,33,34)/b20-14-,22-8+/t26?,29-/m0/s1. The Morgan fingerprint density at radius 1 is 1.31 bits per heavy atom. The zero-order valence-corrected chi connectivity index (χ0v) is 24.0. The maximum atomic E-state index is 10.3. The summed E-state index contributed by atoms with van der Waals surface area (Å²) in [6.45, 7) is 14.5. The van der Waals surface area contributed by atoms with Gasteiger partial charge < -0.3 is 30.3 Å². The Hall–Kier alpha value is -3.31. The second-order valence-electron chi connectivity index (χ2n) is 10.6. The van der Waals surface area contributed by atoms with Gasteiger partial charge in [-0.25, -0.2) is 9.97 Å². The van der Waals surface area contributed by atoms with Gasteiger partial charge >= 0.3 is 0 Å². The molecule has 2 atom stereocenters. The summed E-state index contributed by atoms with van der Waals surface area (Å²) in [6.07, 6.45) is 5.43. The summed E-state index contributed by atoms with van der Waals surface area (Å²) < 4.78 is 5.60. The molecule has 4 heterocycles. The zero-order chi connectivity index (χ0) is 28.2. The minimum Gasteiger partial charge on any atom is -0.384 e. The summed E-state index contributed by atoms with van der Waals surface area (Å²) in [4.78, 5) is 20.7. The van der Waals surface area contributed by atoms with Gasteiger partial charge in [-0.05, 0) is 51.7 Å². The van der Waals surface area contributed by atoms with Gasteiger partial charge in [-0.1, -0.05) is 25.6 Å². The Bertz CT molecular complexity index is 1250. The van der Waals surface area contributed by atoms with Crippen LogP contribution < -0.4 is 15.5 Å². The highest BCUT2D eigenvalue weighted by molar-refractivity contribution is 5.68. The van der Waals surface area contributed by atoms with Gasteiger partial charge in [0.2, 0.25) is 5.95 Å². The van der Waals surface area contributed by atoms with Crippen LogP contribution in [0.4, 0.5) is 17.6 Å². The molecule has 0 amide bonds. The van der Waals surface area contributed by atoms with Crippen LogP contribution in [0, 0.1) is 0 Å². The molecule has 0 aliphatic carbocycles. The average Bonchev–Trinajstić information content (AvgIpc) is 3.21. The average molecular weight is 535 g/mol. The number of aliphatic hydroxyl groups excluding tert-OH is 1. The molecular formula is C29H42N8O2. The first-order valence-electron chi connectivity index (χ1n) is 13.4. The lowest BCUT2D eigenvalue weighted by molar-refractivity contribution is -0.0303. The Morgan fingerprint density at radius 3 is 2.79 bits per heavy atom. The minimum atomic E-state index is -0.498. The van der Waals surface area contributed by atoms with Crippen LogP contribution in [0.3, 0.4) is 0 Å². The van der Waals surface area contributed by atoms with E-state index in [1.54, 1.807) is 7.11 Å². The number of fused-ring (bicyclic) bond motifs is 1. The van der Waals surface area contributed by atoms with Crippen molar-refractivity contribution >= 4 is 17.6 Å². The normalized spacial score (nSPS) is 22.3. The number of rotatable bonds is 10. The number of β-amino-alcohol motifs (C(OH)–C–C–N with tert-alkyl or cyclic N) is 1. The smallest absolute Gasteiger partial charge is 0.229 e. The predicted octanol–water partition coefficient (Wildman–Crippen LogP) is 2.99. The number of methoxy groups -OCH3 is 1. The quantitative estimate of drug-likeness (QED) is 0.394. The SMILES string of the molecule is C=C(/C(C)=C\C(=C/C)Nc1ncc2c(n1)N(c1cccc(CNC)n1)C[C@@]2(C)COC)N1CCN(C)C(O)C1. The molecule has 3 N–H and O–H groups in total.